The quantitative estimate of drug-likeness (QED) is 0.690. The lowest BCUT2D eigenvalue weighted by atomic mass is 10.1. The topological polar surface area (TPSA) is 70.3 Å². The SMILES string of the molecule is Cc1cnc(SCC(N)c2ccc3c(c2)OCCO3)nc1. The molecule has 6 heteroatoms. The number of fused-ring (bicyclic) bond motifs is 1. The number of rotatable bonds is 4. The Morgan fingerprint density at radius 1 is 1.19 bits per heavy atom. The molecule has 2 aromatic rings. The first-order valence-corrected chi connectivity index (χ1v) is 7.77. The van der Waals surface area contributed by atoms with Gasteiger partial charge in [-0.1, -0.05) is 17.8 Å². The van der Waals surface area contributed by atoms with Crippen molar-refractivity contribution in [1.82, 2.24) is 9.97 Å². The summed E-state index contributed by atoms with van der Waals surface area (Å²) in [7, 11) is 0. The van der Waals surface area contributed by atoms with E-state index < -0.39 is 0 Å². The predicted molar refractivity (Wildman–Crippen MR) is 81.9 cm³/mol. The van der Waals surface area contributed by atoms with Gasteiger partial charge in [-0.25, -0.2) is 9.97 Å². The lowest BCUT2D eigenvalue weighted by Crippen LogP contribution is -2.17. The van der Waals surface area contributed by atoms with Gasteiger partial charge < -0.3 is 15.2 Å². The third-order valence-electron chi connectivity index (χ3n) is 3.14. The Hall–Kier alpha value is -1.79. The Labute approximate surface area is 127 Å². The molecule has 110 valence electrons. The third-order valence-corrected chi connectivity index (χ3v) is 4.14. The van der Waals surface area contributed by atoms with Gasteiger partial charge in [0, 0.05) is 24.2 Å². The highest BCUT2D eigenvalue weighted by atomic mass is 32.2. The van der Waals surface area contributed by atoms with Gasteiger partial charge in [-0.15, -0.1) is 0 Å². The molecule has 0 bridgehead atoms. The second kappa shape index (κ2) is 6.32. The molecule has 2 N–H and O–H groups in total. The number of ether oxygens (including phenoxy) is 2. The minimum atomic E-state index is -0.101. The fraction of sp³-hybridized carbons (Fsp3) is 0.333. The van der Waals surface area contributed by atoms with Gasteiger partial charge in [0.15, 0.2) is 16.7 Å². The Morgan fingerprint density at radius 3 is 2.67 bits per heavy atom. The van der Waals surface area contributed by atoms with Crippen LogP contribution in [-0.2, 0) is 0 Å². The van der Waals surface area contributed by atoms with Crippen molar-refractivity contribution < 1.29 is 9.47 Å². The number of aryl methyl sites for hydroxylation is 1. The molecule has 2 heterocycles. The highest BCUT2D eigenvalue weighted by molar-refractivity contribution is 7.99. The summed E-state index contributed by atoms with van der Waals surface area (Å²) < 4.78 is 11.1. The van der Waals surface area contributed by atoms with E-state index in [-0.39, 0.29) is 6.04 Å². The molecule has 0 saturated heterocycles. The van der Waals surface area contributed by atoms with Crippen LogP contribution in [-0.4, -0.2) is 28.9 Å². The van der Waals surface area contributed by atoms with E-state index in [4.69, 9.17) is 15.2 Å². The van der Waals surface area contributed by atoms with E-state index in [1.54, 1.807) is 11.8 Å². The van der Waals surface area contributed by atoms with Crippen molar-refractivity contribution >= 4 is 11.8 Å². The van der Waals surface area contributed by atoms with E-state index in [9.17, 15) is 0 Å². The Kier molecular flexibility index (Phi) is 4.26. The van der Waals surface area contributed by atoms with Crippen LogP contribution in [0.3, 0.4) is 0 Å². The summed E-state index contributed by atoms with van der Waals surface area (Å²) in [5, 5.41) is 0.744. The summed E-state index contributed by atoms with van der Waals surface area (Å²) in [6, 6.07) is 5.75. The Morgan fingerprint density at radius 2 is 1.90 bits per heavy atom. The number of aromatic nitrogens is 2. The number of hydrogen-bond acceptors (Lipinski definition) is 6. The van der Waals surface area contributed by atoms with Crippen molar-refractivity contribution in [2.75, 3.05) is 19.0 Å². The molecule has 0 amide bonds. The first-order valence-electron chi connectivity index (χ1n) is 6.79. The van der Waals surface area contributed by atoms with Crippen LogP contribution in [0.5, 0.6) is 11.5 Å². The predicted octanol–water partition coefficient (Wildman–Crippen LogP) is 2.35. The highest BCUT2D eigenvalue weighted by Gasteiger charge is 2.15. The average Bonchev–Trinajstić information content (AvgIpc) is 2.53. The maximum Gasteiger partial charge on any atom is 0.187 e. The van der Waals surface area contributed by atoms with Crippen LogP contribution in [0.1, 0.15) is 17.2 Å². The van der Waals surface area contributed by atoms with Gasteiger partial charge in [0.1, 0.15) is 13.2 Å². The van der Waals surface area contributed by atoms with Gasteiger partial charge in [0.05, 0.1) is 0 Å². The van der Waals surface area contributed by atoms with E-state index in [0.29, 0.717) is 19.0 Å². The second-order valence-electron chi connectivity index (χ2n) is 4.86. The molecule has 0 saturated carbocycles. The van der Waals surface area contributed by atoms with Gasteiger partial charge in [0.25, 0.3) is 0 Å². The average molecular weight is 303 g/mol. The van der Waals surface area contributed by atoms with Gasteiger partial charge in [-0.05, 0) is 30.2 Å². The lowest BCUT2D eigenvalue weighted by molar-refractivity contribution is 0.171. The zero-order chi connectivity index (χ0) is 14.7. The molecular formula is C15H17N3O2S. The van der Waals surface area contributed by atoms with Gasteiger partial charge in [0.2, 0.25) is 0 Å². The van der Waals surface area contributed by atoms with Crippen molar-refractivity contribution in [3.8, 4) is 11.5 Å². The maximum atomic E-state index is 6.23. The monoisotopic (exact) mass is 303 g/mol. The van der Waals surface area contributed by atoms with Gasteiger partial charge in [-0.3, -0.25) is 0 Å². The van der Waals surface area contributed by atoms with E-state index in [2.05, 4.69) is 9.97 Å². The third kappa shape index (κ3) is 3.46. The minimum Gasteiger partial charge on any atom is -0.486 e. The molecule has 5 nitrogen and oxygen atoms in total. The molecule has 1 aliphatic rings. The number of nitrogens with two attached hydrogens (primary N) is 1. The molecule has 1 atom stereocenters. The molecule has 1 aliphatic heterocycles. The zero-order valence-corrected chi connectivity index (χ0v) is 12.6. The number of nitrogens with zero attached hydrogens (tertiary/aromatic N) is 2. The van der Waals surface area contributed by atoms with Crippen LogP contribution < -0.4 is 15.2 Å². The van der Waals surface area contributed by atoms with Crippen LogP contribution in [0.25, 0.3) is 0 Å². The fourth-order valence-electron chi connectivity index (χ4n) is 2.01. The largest absolute Gasteiger partial charge is 0.486 e. The molecule has 1 aromatic heterocycles. The fourth-order valence-corrected chi connectivity index (χ4v) is 2.78. The van der Waals surface area contributed by atoms with Crippen molar-refractivity contribution in [2.45, 2.75) is 18.1 Å². The summed E-state index contributed by atoms with van der Waals surface area (Å²) in [5.74, 6) is 2.26. The normalized spacial score (nSPS) is 14.8. The first kappa shape index (κ1) is 14.2. The van der Waals surface area contributed by atoms with E-state index >= 15 is 0 Å². The van der Waals surface area contributed by atoms with Crippen molar-refractivity contribution in [1.29, 1.82) is 0 Å². The summed E-state index contributed by atoms with van der Waals surface area (Å²) in [5.41, 5.74) is 8.31. The minimum absolute atomic E-state index is 0.101. The zero-order valence-electron chi connectivity index (χ0n) is 11.8. The van der Waals surface area contributed by atoms with Crippen molar-refractivity contribution in [3.05, 3.63) is 41.7 Å². The molecule has 3 rings (SSSR count). The van der Waals surface area contributed by atoms with E-state index in [1.165, 1.54) is 0 Å². The Balaban J connectivity index is 1.65. The molecule has 0 aliphatic carbocycles. The molecular weight excluding hydrogens is 286 g/mol. The lowest BCUT2D eigenvalue weighted by Gasteiger charge is -2.20. The van der Waals surface area contributed by atoms with Crippen molar-refractivity contribution in [2.24, 2.45) is 5.73 Å². The summed E-state index contributed by atoms with van der Waals surface area (Å²) in [6.07, 6.45) is 3.62. The molecule has 21 heavy (non-hydrogen) atoms. The number of benzene rings is 1. The smallest absolute Gasteiger partial charge is 0.187 e. The number of hydrogen-bond donors (Lipinski definition) is 1. The second-order valence-corrected chi connectivity index (χ2v) is 5.85. The standard InChI is InChI=1S/C15H17N3O2S/c1-10-7-17-15(18-8-10)21-9-12(16)11-2-3-13-14(6-11)20-5-4-19-13/h2-3,6-8,12H,4-5,9,16H2,1H3. The van der Waals surface area contributed by atoms with Crippen LogP contribution in [0, 0.1) is 6.92 Å². The summed E-state index contributed by atoms with van der Waals surface area (Å²) >= 11 is 1.55. The maximum absolute atomic E-state index is 6.23. The Bertz CT molecular complexity index is 619. The molecule has 0 radical (unpaired) electrons. The first-order chi connectivity index (χ1) is 10.2. The molecule has 0 fully saturated rings. The van der Waals surface area contributed by atoms with Crippen molar-refractivity contribution in [3.63, 3.8) is 0 Å². The summed E-state index contributed by atoms with van der Waals surface area (Å²) in [4.78, 5) is 8.53. The van der Waals surface area contributed by atoms with Crippen LogP contribution in [0.4, 0.5) is 0 Å². The molecule has 0 spiro atoms. The van der Waals surface area contributed by atoms with E-state index in [1.807, 2.05) is 37.5 Å². The number of thioether (sulfide) groups is 1. The molecule has 1 unspecified atom stereocenters. The van der Waals surface area contributed by atoms with Gasteiger partial charge in [-0.2, -0.15) is 0 Å². The van der Waals surface area contributed by atoms with Crippen LogP contribution >= 0.6 is 11.8 Å². The van der Waals surface area contributed by atoms with E-state index in [0.717, 1.165) is 27.8 Å². The van der Waals surface area contributed by atoms with Crippen LogP contribution in [0.15, 0.2) is 35.7 Å². The van der Waals surface area contributed by atoms with Crippen LogP contribution in [0.2, 0.25) is 0 Å². The summed E-state index contributed by atoms with van der Waals surface area (Å²) in [6.45, 7) is 3.14. The molecule has 1 aromatic carbocycles. The highest BCUT2D eigenvalue weighted by Crippen LogP contribution is 2.33. The van der Waals surface area contributed by atoms with Gasteiger partial charge >= 0.3 is 0 Å².